The number of amides is 3. The molecule has 1 saturated heterocycles. The van der Waals surface area contributed by atoms with E-state index in [1.807, 2.05) is 30.3 Å². The molecule has 7 nitrogen and oxygen atoms in total. The third-order valence-electron chi connectivity index (χ3n) is 4.61. The number of hydrogen-bond acceptors (Lipinski definition) is 3. The van der Waals surface area contributed by atoms with Gasteiger partial charge in [0.2, 0.25) is 0 Å². The monoisotopic (exact) mass is 387 g/mol. The maximum atomic E-state index is 12.7. The first-order valence-corrected chi connectivity index (χ1v) is 8.92. The van der Waals surface area contributed by atoms with E-state index >= 15 is 0 Å². The van der Waals surface area contributed by atoms with Gasteiger partial charge in [-0.05, 0) is 48.0 Å². The molecule has 2 heterocycles. The minimum atomic E-state index is -0.996. The Kier molecular flexibility index (Phi) is 4.70. The fraction of sp³-hybridized carbons (Fsp3) is 0.0455. The van der Waals surface area contributed by atoms with Crippen LogP contribution in [0.4, 0.5) is 4.79 Å². The number of aromatic carboxylic acids is 1. The molecule has 1 fully saturated rings. The minimum absolute atomic E-state index is 0.188. The fourth-order valence-electron chi connectivity index (χ4n) is 3.14. The zero-order chi connectivity index (χ0) is 20.4. The van der Waals surface area contributed by atoms with E-state index in [2.05, 4.69) is 5.32 Å². The van der Waals surface area contributed by atoms with E-state index < -0.39 is 17.9 Å². The summed E-state index contributed by atoms with van der Waals surface area (Å²) in [7, 11) is 0. The van der Waals surface area contributed by atoms with Crippen LogP contribution in [0.1, 0.15) is 21.6 Å². The van der Waals surface area contributed by atoms with E-state index in [4.69, 9.17) is 5.11 Å². The maximum Gasteiger partial charge on any atom is 0.335 e. The van der Waals surface area contributed by atoms with Gasteiger partial charge in [0.1, 0.15) is 5.70 Å². The predicted molar refractivity (Wildman–Crippen MR) is 106 cm³/mol. The average Bonchev–Trinajstić information content (AvgIpc) is 3.29. The molecule has 2 N–H and O–H groups in total. The van der Waals surface area contributed by atoms with Crippen molar-refractivity contribution in [2.45, 2.75) is 6.54 Å². The highest BCUT2D eigenvalue weighted by molar-refractivity contribution is 6.13. The van der Waals surface area contributed by atoms with Crippen LogP contribution in [0.5, 0.6) is 0 Å². The van der Waals surface area contributed by atoms with Crippen molar-refractivity contribution in [3.8, 4) is 5.69 Å². The summed E-state index contributed by atoms with van der Waals surface area (Å²) >= 11 is 0. The van der Waals surface area contributed by atoms with Crippen molar-refractivity contribution < 1.29 is 19.5 Å². The van der Waals surface area contributed by atoms with Gasteiger partial charge >= 0.3 is 12.0 Å². The van der Waals surface area contributed by atoms with Crippen LogP contribution in [-0.4, -0.2) is 32.5 Å². The summed E-state index contributed by atoms with van der Waals surface area (Å²) in [5.41, 5.74) is 2.66. The quantitative estimate of drug-likeness (QED) is 0.519. The molecule has 0 atom stereocenters. The second-order valence-electron chi connectivity index (χ2n) is 6.52. The maximum absolute atomic E-state index is 12.7. The van der Waals surface area contributed by atoms with Gasteiger partial charge in [0.05, 0.1) is 12.1 Å². The highest BCUT2D eigenvalue weighted by Gasteiger charge is 2.33. The Hall–Kier alpha value is -4.13. The summed E-state index contributed by atoms with van der Waals surface area (Å²) in [6.45, 7) is 0.195. The smallest absolute Gasteiger partial charge is 0.335 e. The van der Waals surface area contributed by atoms with E-state index in [0.29, 0.717) is 5.69 Å². The summed E-state index contributed by atoms with van der Waals surface area (Å²) in [6.07, 6.45) is 3.40. The van der Waals surface area contributed by atoms with Crippen molar-refractivity contribution in [2.75, 3.05) is 0 Å². The summed E-state index contributed by atoms with van der Waals surface area (Å²) in [5.74, 6) is -1.39. The Morgan fingerprint density at radius 2 is 1.69 bits per heavy atom. The van der Waals surface area contributed by atoms with Crippen LogP contribution in [0, 0.1) is 0 Å². The van der Waals surface area contributed by atoms with Crippen LogP contribution < -0.4 is 5.32 Å². The molecule has 0 radical (unpaired) electrons. The number of carbonyl (C=O) groups excluding carboxylic acids is 2. The van der Waals surface area contributed by atoms with Gasteiger partial charge in [-0.3, -0.25) is 9.69 Å². The van der Waals surface area contributed by atoms with Gasteiger partial charge in [0.25, 0.3) is 5.91 Å². The highest BCUT2D eigenvalue weighted by Crippen LogP contribution is 2.20. The summed E-state index contributed by atoms with van der Waals surface area (Å²) in [4.78, 5) is 37.2. The van der Waals surface area contributed by atoms with E-state index in [1.54, 1.807) is 41.1 Å². The molecule has 0 saturated carbocycles. The van der Waals surface area contributed by atoms with Crippen molar-refractivity contribution in [3.05, 3.63) is 95.4 Å². The molecule has 2 aromatic carbocycles. The number of carbonyl (C=O) groups is 3. The standard InChI is InChI=1S/C22H17N3O4/c26-20-19(23-22(29)25(20)14-15-5-2-1-3-6-15)13-18-7-4-12-24(18)17-10-8-16(9-11-17)21(27)28/h1-13H,14H2,(H,23,29)(H,27,28)/b19-13-. The summed E-state index contributed by atoms with van der Waals surface area (Å²) in [6, 6.07) is 18.8. The number of urea groups is 1. The van der Waals surface area contributed by atoms with Crippen LogP contribution in [0.3, 0.4) is 0 Å². The first-order chi connectivity index (χ1) is 14.0. The molecule has 1 aliphatic heterocycles. The van der Waals surface area contributed by atoms with Crippen LogP contribution in [0.25, 0.3) is 11.8 Å². The van der Waals surface area contributed by atoms with Crippen molar-refractivity contribution >= 4 is 24.0 Å². The van der Waals surface area contributed by atoms with Gasteiger partial charge in [-0.2, -0.15) is 0 Å². The second kappa shape index (κ2) is 7.47. The van der Waals surface area contributed by atoms with Crippen LogP contribution in [-0.2, 0) is 11.3 Å². The third-order valence-corrected chi connectivity index (χ3v) is 4.61. The van der Waals surface area contributed by atoms with Gasteiger partial charge in [-0.15, -0.1) is 0 Å². The number of imide groups is 1. The van der Waals surface area contributed by atoms with Gasteiger partial charge < -0.3 is 15.0 Å². The molecule has 3 amide bonds. The Morgan fingerprint density at radius 3 is 2.38 bits per heavy atom. The molecule has 0 bridgehead atoms. The molecule has 7 heteroatoms. The van der Waals surface area contributed by atoms with E-state index in [9.17, 15) is 14.4 Å². The number of hydrogen-bond donors (Lipinski definition) is 2. The molecule has 0 aliphatic carbocycles. The molecule has 0 unspecified atom stereocenters. The molecule has 4 rings (SSSR count). The molecular formula is C22H17N3O4. The first-order valence-electron chi connectivity index (χ1n) is 8.92. The Bertz CT molecular complexity index is 1110. The average molecular weight is 387 g/mol. The molecule has 29 heavy (non-hydrogen) atoms. The summed E-state index contributed by atoms with van der Waals surface area (Å²) in [5, 5.41) is 11.7. The number of aromatic nitrogens is 1. The number of nitrogens with one attached hydrogen (secondary N) is 1. The topological polar surface area (TPSA) is 91.6 Å². The fourth-order valence-corrected chi connectivity index (χ4v) is 3.14. The largest absolute Gasteiger partial charge is 0.478 e. The van der Waals surface area contributed by atoms with Gasteiger partial charge in [-0.1, -0.05) is 30.3 Å². The van der Waals surface area contributed by atoms with E-state index in [0.717, 1.165) is 16.2 Å². The number of carboxylic acid groups (broad SMARTS) is 1. The van der Waals surface area contributed by atoms with Crippen molar-refractivity contribution in [1.29, 1.82) is 0 Å². The van der Waals surface area contributed by atoms with E-state index in [1.165, 1.54) is 12.1 Å². The lowest BCUT2D eigenvalue weighted by Gasteiger charge is -2.11. The normalized spacial score (nSPS) is 15.0. The Morgan fingerprint density at radius 1 is 0.966 bits per heavy atom. The molecule has 3 aromatic rings. The predicted octanol–water partition coefficient (Wildman–Crippen LogP) is 3.27. The van der Waals surface area contributed by atoms with Gasteiger partial charge in [0, 0.05) is 17.6 Å². The Balaban J connectivity index is 1.59. The lowest BCUT2D eigenvalue weighted by Crippen LogP contribution is -2.30. The van der Waals surface area contributed by atoms with Crippen molar-refractivity contribution in [1.82, 2.24) is 14.8 Å². The number of carboxylic acids is 1. The molecule has 0 spiro atoms. The minimum Gasteiger partial charge on any atom is -0.478 e. The van der Waals surface area contributed by atoms with Gasteiger partial charge in [-0.25, -0.2) is 9.59 Å². The van der Waals surface area contributed by atoms with Crippen molar-refractivity contribution in [3.63, 3.8) is 0 Å². The number of benzene rings is 2. The zero-order valence-corrected chi connectivity index (χ0v) is 15.3. The molecule has 1 aromatic heterocycles. The zero-order valence-electron chi connectivity index (χ0n) is 15.3. The lowest BCUT2D eigenvalue weighted by atomic mass is 10.2. The summed E-state index contributed by atoms with van der Waals surface area (Å²) < 4.78 is 1.80. The van der Waals surface area contributed by atoms with Gasteiger partial charge in [0.15, 0.2) is 0 Å². The SMILES string of the molecule is O=C(O)c1ccc(-n2cccc2/C=C2\NC(=O)N(Cc3ccccc3)C2=O)cc1. The highest BCUT2D eigenvalue weighted by atomic mass is 16.4. The lowest BCUT2D eigenvalue weighted by molar-refractivity contribution is -0.123. The molecular weight excluding hydrogens is 370 g/mol. The van der Waals surface area contributed by atoms with Crippen LogP contribution in [0.15, 0.2) is 78.6 Å². The molecule has 1 aliphatic rings. The Labute approximate surface area is 166 Å². The van der Waals surface area contributed by atoms with Crippen LogP contribution in [0.2, 0.25) is 0 Å². The van der Waals surface area contributed by atoms with E-state index in [-0.39, 0.29) is 17.8 Å². The number of nitrogens with zero attached hydrogens (tertiary/aromatic N) is 2. The third kappa shape index (κ3) is 3.66. The first kappa shape index (κ1) is 18.2. The van der Waals surface area contributed by atoms with Crippen LogP contribution >= 0.6 is 0 Å². The second-order valence-corrected chi connectivity index (χ2v) is 6.52. The van der Waals surface area contributed by atoms with Crippen molar-refractivity contribution in [2.24, 2.45) is 0 Å². The number of rotatable bonds is 5. The molecule has 144 valence electrons.